The van der Waals surface area contributed by atoms with Gasteiger partial charge in [-0.15, -0.1) is 0 Å². The Hall–Kier alpha value is -2.99. The predicted molar refractivity (Wildman–Crippen MR) is 90.8 cm³/mol. The van der Waals surface area contributed by atoms with Crippen molar-refractivity contribution >= 4 is 10.9 Å². The van der Waals surface area contributed by atoms with Crippen LogP contribution in [0.1, 0.15) is 0 Å². The van der Waals surface area contributed by atoms with Gasteiger partial charge in [-0.25, -0.2) is 0 Å². The molecular weight excluding hydrogens is 310 g/mol. The summed E-state index contributed by atoms with van der Waals surface area (Å²) in [5, 5.41) is 9.31. The maximum Gasteiger partial charge on any atom is 0.190 e. The minimum atomic E-state index is -0.437. The average molecular weight is 327 g/mol. The molecule has 0 fully saturated rings. The number of hydrogen-bond acceptors (Lipinski definition) is 5. The van der Waals surface area contributed by atoms with E-state index in [4.69, 9.17) is 19.3 Å². The van der Waals surface area contributed by atoms with Crippen molar-refractivity contribution in [3.63, 3.8) is 0 Å². The quantitative estimate of drug-likeness (QED) is 0.704. The van der Waals surface area contributed by atoms with Crippen LogP contribution in [-0.2, 0) is 0 Å². The first kappa shape index (κ1) is 15.9. The van der Waals surface area contributed by atoms with E-state index >= 15 is 0 Å². The van der Waals surface area contributed by atoms with Crippen LogP contribution in [0.4, 0.5) is 0 Å². The van der Waals surface area contributed by atoms with Gasteiger partial charge in [0.05, 0.1) is 14.2 Å². The highest BCUT2D eigenvalue weighted by molar-refractivity contribution is 5.83. The fourth-order valence-electron chi connectivity index (χ4n) is 2.55. The van der Waals surface area contributed by atoms with Gasteiger partial charge in [0.1, 0.15) is 5.75 Å². The first-order valence-electron chi connectivity index (χ1n) is 7.29. The van der Waals surface area contributed by atoms with Crippen LogP contribution < -0.4 is 19.6 Å². The van der Waals surface area contributed by atoms with Crippen LogP contribution in [0.3, 0.4) is 0 Å². The van der Waals surface area contributed by atoms with Crippen molar-refractivity contribution in [3.8, 4) is 28.5 Å². The Bertz CT molecular complexity index is 932. The molecular formula is C18H17NO5. The molecule has 0 amide bonds. The van der Waals surface area contributed by atoms with Crippen LogP contribution in [0.15, 0.2) is 47.3 Å². The van der Waals surface area contributed by atoms with Crippen molar-refractivity contribution in [3.05, 3.63) is 52.7 Å². The van der Waals surface area contributed by atoms with Crippen molar-refractivity contribution < 1.29 is 19.3 Å². The number of nitrogens with one attached hydrogen (secondary N) is 1. The molecule has 0 aliphatic rings. The molecule has 0 saturated carbocycles. The van der Waals surface area contributed by atoms with E-state index in [-0.39, 0.29) is 5.43 Å². The van der Waals surface area contributed by atoms with Crippen LogP contribution in [0.25, 0.3) is 22.2 Å². The summed E-state index contributed by atoms with van der Waals surface area (Å²) in [5.74, 6) is 1.65. The molecule has 2 aromatic carbocycles. The van der Waals surface area contributed by atoms with Gasteiger partial charge in [-0.3, -0.25) is 4.79 Å². The van der Waals surface area contributed by atoms with E-state index in [1.165, 1.54) is 6.07 Å². The number of fused-ring (bicyclic) bond motifs is 1. The SMILES string of the molecule is COc1ccc(-c2cc(=O)c3cc(OCO)ccc3[nH]2)cc1OC. The number of H-pyrrole nitrogens is 1. The van der Waals surface area contributed by atoms with E-state index in [1.807, 2.05) is 6.07 Å². The largest absolute Gasteiger partial charge is 0.493 e. The molecule has 0 aliphatic heterocycles. The lowest BCUT2D eigenvalue weighted by Crippen LogP contribution is -2.04. The summed E-state index contributed by atoms with van der Waals surface area (Å²) >= 11 is 0. The molecule has 3 rings (SSSR count). The second kappa shape index (κ2) is 6.64. The summed E-state index contributed by atoms with van der Waals surface area (Å²) in [7, 11) is 3.13. The molecule has 0 radical (unpaired) electrons. The van der Waals surface area contributed by atoms with E-state index < -0.39 is 6.79 Å². The summed E-state index contributed by atoms with van der Waals surface area (Å²) in [5.41, 5.74) is 2.01. The summed E-state index contributed by atoms with van der Waals surface area (Å²) in [6, 6.07) is 12.0. The highest BCUT2D eigenvalue weighted by Gasteiger charge is 2.09. The molecule has 0 spiro atoms. The number of aromatic nitrogens is 1. The molecule has 6 heteroatoms. The number of aliphatic hydroxyl groups is 1. The lowest BCUT2D eigenvalue weighted by molar-refractivity contribution is 0.0987. The first-order valence-corrected chi connectivity index (χ1v) is 7.29. The van der Waals surface area contributed by atoms with Crippen LogP contribution >= 0.6 is 0 Å². The number of hydrogen-bond donors (Lipinski definition) is 2. The molecule has 0 atom stereocenters. The second-order valence-corrected chi connectivity index (χ2v) is 5.10. The Labute approximate surface area is 138 Å². The van der Waals surface area contributed by atoms with Gasteiger partial charge in [0.25, 0.3) is 0 Å². The van der Waals surface area contributed by atoms with Gasteiger partial charge in [-0.2, -0.15) is 0 Å². The molecule has 124 valence electrons. The topological polar surface area (TPSA) is 80.8 Å². The first-order chi connectivity index (χ1) is 11.7. The molecule has 0 saturated heterocycles. The molecule has 1 heterocycles. The van der Waals surface area contributed by atoms with Crippen molar-refractivity contribution in [1.29, 1.82) is 0 Å². The number of aromatic amines is 1. The molecule has 2 N–H and O–H groups in total. The zero-order valence-corrected chi connectivity index (χ0v) is 13.3. The van der Waals surface area contributed by atoms with Gasteiger partial charge < -0.3 is 24.3 Å². The molecule has 0 aliphatic carbocycles. The van der Waals surface area contributed by atoms with Crippen LogP contribution in [0.2, 0.25) is 0 Å². The van der Waals surface area contributed by atoms with Gasteiger partial charge in [-0.05, 0) is 36.4 Å². The maximum absolute atomic E-state index is 12.4. The Morgan fingerprint density at radius 2 is 1.79 bits per heavy atom. The van der Waals surface area contributed by atoms with Crippen molar-refractivity contribution in [1.82, 2.24) is 4.98 Å². The van der Waals surface area contributed by atoms with Gasteiger partial charge in [0, 0.05) is 28.2 Å². The van der Waals surface area contributed by atoms with Gasteiger partial charge in [0.15, 0.2) is 23.7 Å². The van der Waals surface area contributed by atoms with Crippen LogP contribution in [-0.4, -0.2) is 31.1 Å². The fourth-order valence-corrected chi connectivity index (χ4v) is 2.55. The van der Waals surface area contributed by atoms with Gasteiger partial charge in [0.2, 0.25) is 0 Å². The van der Waals surface area contributed by atoms with Crippen molar-refractivity contribution in [2.24, 2.45) is 0 Å². The number of pyridine rings is 1. The number of methoxy groups -OCH3 is 2. The smallest absolute Gasteiger partial charge is 0.190 e. The average Bonchev–Trinajstić information content (AvgIpc) is 2.61. The van der Waals surface area contributed by atoms with E-state index in [0.717, 1.165) is 5.56 Å². The predicted octanol–water partition coefficient (Wildman–Crippen LogP) is 2.54. The monoisotopic (exact) mass is 327 g/mol. The molecule has 3 aromatic rings. The third kappa shape index (κ3) is 2.91. The fraction of sp³-hybridized carbons (Fsp3) is 0.167. The number of rotatable bonds is 5. The van der Waals surface area contributed by atoms with E-state index in [1.54, 1.807) is 44.6 Å². The number of benzene rings is 2. The zero-order valence-electron chi connectivity index (χ0n) is 13.3. The minimum Gasteiger partial charge on any atom is -0.493 e. The molecule has 24 heavy (non-hydrogen) atoms. The molecule has 1 aromatic heterocycles. The minimum absolute atomic E-state index is 0.142. The maximum atomic E-state index is 12.4. The van der Waals surface area contributed by atoms with E-state index in [2.05, 4.69) is 4.98 Å². The molecule has 6 nitrogen and oxygen atoms in total. The lowest BCUT2D eigenvalue weighted by Gasteiger charge is -2.10. The number of aliphatic hydroxyl groups excluding tert-OH is 1. The standard InChI is InChI=1S/C18H17NO5/c1-22-17-6-3-11(7-18(17)23-2)15-9-16(21)13-8-12(24-10-20)4-5-14(13)19-15/h3-9,20H,10H2,1-2H3,(H,19,21). The van der Waals surface area contributed by atoms with Crippen molar-refractivity contribution in [2.75, 3.05) is 21.0 Å². The molecule has 0 unspecified atom stereocenters. The highest BCUT2D eigenvalue weighted by Crippen LogP contribution is 2.31. The zero-order chi connectivity index (χ0) is 17.1. The Balaban J connectivity index is 2.11. The third-order valence-electron chi connectivity index (χ3n) is 3.73. The van der Waals surface area contributed by atoms with E-state index in [9.17, 15) is 4.79 Å². The van der Waals surface area contributed by atoms with E-state index in [0.29, 0.717) is 33.8 Å². The lowest BCUT2D eigenvalue weighted by atomic mass is 10.1. The normalized spacial score (nSPS) is 10.6. The summed E-state index contributed by atoms with van der Waals surface area (Å²) in [4.78, 5) is 15.6. The highest BCUT2D eigenvalue weighted by atomic mass is 16.6. The Morgan fingerprint density at radius 3 is 2.50 bits per heavy atom. The molecule has 0 bridgehead atoms. The Kier molecular flexibility index (Phi) is 4.39. The Morgan fingerprint density at radius 1 is 1.00 bits per heavy atom. The van der Waals surface area contributed by atoms with Gasteiger partial charge >= 0.3 is 0 Å². The summed E-state index contributed by atoms with van der Waals surface area (Å²) < 4.78 is 15.5. The van der Waals surface area contributed by atoms with Gasteiger partial charge in [-0.1, -0.05) is 0 Å². The van der Waals surface area contributed by atoms with Crippen molar-refractivity contribution in [2.45, 2.75) is 0 Å². The summed E-state index contributed by atoms with van der Waals surface area (Å²) in [6.07, 6.45) is 0. The van der Waals surface area contributed by atoms with Crippen LogP contribution in [0.5, 0.6) is 17.2 Å². The number of ether oxygens (including phenoxy) is 3. The van der Waals surface area contributed by atoms with Crippen LogP contribution in [0, 0.1) is 0 Å². The summed E-state index contributed by atoms with van der Waals surface area (Å²) in [6.45, 7) is -0.437. The third-order valence-corrected chi connectivity index (χ3v) is 3.73. The second-order valence-electron chi connectivity index (χ2n) is 5.10.